The summed E-state index contributed by atoms with van der Waals surface area (Å²) in [6, 6.07) is 0.468. The lowest BCUT2D eigenvalue weighted by molar-refractivity contribution is 0.248. The molecular weight excluding hydrogens is 153 g/mol. The predicted molar refractivity (Wildman–Crippen MR) is 52.1 cm³/mol. The van der Waals surface area contributed by atoms with Gasteiger partial charge in [-0.1, -0.05) is 27.7 Å². The van der Waals surface area contributed by atoms with Gasteiger partial charge in [0.05, 0.1) is 0 Å². The van der Waals surface area contributed by atoms with Gasteiger partial charge in [0.25, 0.3) is 0 Å². The van der Waals surface area contributed by atoms with E-state index in [1.54, 1.807) is 0 Å². The zero-order chi connectivity index (χ0) is 9.72. The fourth-order valence-corrected chi connectivity index (χ4v) is 1.75. The second-order valence-corrected chi connectivity index (χ2v) is 3.58. The van der Waals surface area contributed by atoms with Gasteiger partial charge in [-0.2, -0.15) is 0 Å². The fraction of sp³-hybridized carbons (Fsp3) is 1.00. The third kappa shape index (κ3) is 3.10. The number of halogens is 1. The van der Waals surface area contributed by atoms with E-state index in [4.69, 9.17) is 0 Å². The molecule has 0 bridgehead atoms. The summed E-state index contributed by atoms with van der Waals surface area (Å²) < 4.78 is 12.7. The highest BCUT2D eigenvalue weighted by molar-refractivity contribution is 4.84. The van der Waals surface area contributed by atoms with Crippen LogP contribution in [0.1, 0.15) is 34.1 Å². The van der Waals surface area contributed by atoms with Crippen LogP contribution in [-0.2, 0) is 0 Å². The largest absolute Gasteiger partial charge is 0.300 e. The van der Waals surface area contributed by atoms with E-state index in [1.807, 2.05) is 20.9 Å². The molecule has 0 radical (unpaired) electrons. The van der Waals surface area contributed by atoms with Gasteiger partial charge in [-0.05, 0) is 19.4 Å². The molecule has 1 aliphatic heterocycles. The Labute approximate surface area is 75.9 Å². The van der Waals surface area contributed by atoms with Crippen LogP contribution >= 0.6 is 0 Å². The van der Waals surface area contributed by atoms with Crippen molar-refractivity contribution in [3.8, 4) is 0 Å². The van der Waals surface area contributed by atoms with Gasteiger partial charge in [0, 0.05) is 12.6 Å². The Morgan fingerprint density at radius 3 is 2.00 bits per heavy atom. The zero-order valence-electron chi connectivity index (χ0n) is 8.97. The first-order chi connectivity index (χ1) is 5.61. The second kappa shape index (κ2) is 5.52. The summed E-state index contributed by atoms with van der Waals surface area (Å²) in [5.74, 6) is 0.589. The maximum absolute atomic E-state index is 12.7. The summed E-state index contributed by atoms with van der Waals surface area (Å²) in [7, 11) is 2.00. The topological polar surface area (TPSA) is 3.24 Å². The highest BCUT2D eigenvalue weighted by Gasteiger charge is 2.30. The lowest BCUT2D eigenvalue weighted by Gasteiger charge is -2.22. The van der Waals surface area contributed by atoms with Gasteiger partial charge in [0.15, 0.2) is 0 Å². The molecule has 2 heteroatoms. The summed E-state index contributed by atoms with van der Waals surface area (Å²) in [4.78, 5) is 2.12. The Morgan fingerprint density at radius 2 is 1.83 bits per heavy atom. The molecule has 1 fully saturated rings. The Balaban J connectivity index is 0.000000561. The van der Waals surface area contributed by atoms with E-state index in [2.05, 4.69) is 18.7 Å². The number of nitrogens with zero attached hydrogens (tertiary/aromatic N) is 1. The Morgan fingerprint density at radius 1 is 1.33 bits per heavy atom. The molecule has 1 nitrogen and oxygen atoms in total. The molecule has 0 amide bonds. The number of likely N-dealkylation sites (tertiary alicyclic amines) is 1. The van der Waals surface area contributed by atoms with Gasteiger partial charge in [-0.15, -0.1) is 0 Å². The summed E-state index contributed by atoms with van der Waals surface area (Å²) in [5, 5.41) is 0. The average molecular weight is 175 g/mol. The number of alkyl halides is 1. The fourth-order valence-electron chi connectivity index (χ4n) is 1.75. The minimum absolute atomic E-state index is 0.468. The van der Waals surface area contributed by atoms with Crippen molar-refractivity contribution >= 4 is 0 Å². The molecule has 1 aliphatic rings. The lowest BCUT2D eigenvalue weighted by Crippen LogP contribution is -2.29. The highest BCUT2D eigenvalue weighted by Crippen LogP contribution is 2.23. The van der Waals surface area contributed by atoms with E-state index in [0.717, 1.165) is 6.42 Å². The van der Waals surface area contributed by atoms with Crippen molar-refractivity contribution < 1.29 is 4.39 Å². The molecule has 0 aromatic carbocycles. The van der Waals surface area contributed by atoms with Crippen LogP contribution in [0.3, 0.4) is 0 Å². The molecule has 0 N–H and O–H groups in total. The van der Waals surface area contributed by atoms with Crippen LogP contribution in [0.2, 0.25) is 0 Å². The molecule has 0 aromatic rings. The number of hydrogen-bond acceptors (Lipinski definition) is 1. The first-order valence-corrected chi connectivity index (χ1v) is 4.95. The van der Waals surface area contributed by atoms with Crippen molar-refractivity contribution in [3.05, 3.63) is 0 Å². The van der Waals surface area contributed by atoms with Gasteiger partial charge >= 0.3 is 0 Å². The maximum atomic E-state index is 12.7. The van der Waals surface area contributed by atoms with Crippen molar-refractivity contribution in [2.45, 2.75) is 46.3 Å². The molecule has 1 rings (SSSR count). The van der Waals surface area contributed by atoms with Crippen molar-refractivity contribution in [2.24, 2.45) is 5.92 Å². The van der Waals surface area contributed by atoms with E-state index in [1.165, 1.54) is 0 Å². The molecule has 1 saturated heterocycles. The number of rotatable bonds is 1. The number of hydrogen-bond donors (Lipinski definition) is 0. The van der Waals surface area contributed by atoms with Crippen molar-refractivity contribution in [1.82, 2.24) is 4.90 Å². The minimum Gasteiger partial charge on any atom is -0.300 e. The molecule has 0 aliphatic carbocycles. The van der Waals surface area contributed by atoms with Gasteiger partial charge in [0.2, 0.25) is 0 Å². The Kier molecular flexibility index (Phi) is 5.47. The SMILES string of the molecule is CC.CC(C)[C@@H]1C[C@@H](F)CN1C. The van der Waals surface area contributed by atoms with Crippen LogP contribution < -0.4 is 0 Å². The molecular formula is C10H22FN. The Bertz CT molecular complexity index is 114. The van der Waals surface area contributed by atoms with Gasteiger partial charge in [0.1, 0.15) is 6.17 Å². The quantitative estimate of drug-likeness (QED) is 0.592. The molecule has 0 unspecified atom stereocenters. The summed E-state index contributed by atoms with van der Waals surface area (Å²) in [5.41, 5.74) is 0. The van der Waals surface area contributed by atoms with Crippen molar-refractivity contribution in [1.29, 1.82) is 0 Å². The highest BCUT2D eigenvalue weighted by atomic mass is 19.1. The summed E-state index contributed by atoms with van der Waals surface area (Å²) >= 11 is 0. The molecule has 12 heavy (non-hydrogen) atoms. The van der Waals surface area contributed by atoms with Gasteiger partial charge in [-0.3, -0.25) is 0 Å². The average Bonchev–Trinajstić information content (AvgIpc) is 2.34. The monoisotopic (exact) mass is 175 g/mol. The van der Waals surface area contributed by atoms with E-state index < -0.39 is 6.17 Å². The van der Waals surface area contributed by atoms with E-state index in [-0.39, 0.29) is 0 Å². The molecule has 0 saturated carbocycles. The van der Waals surface area contributed by atoms with E-state index in [9.17, 15) is 4.39 Å². The van der Waals surface area contributed by atoms with Crippen LogP contribution in [0.5, 0.6) is 0 Å². The van der Waals surface area contributed by atoms with E-state index >= 15 is 0 Å². The van der Waals surface area contributed by atoms with Gasteiger partial charge < -0.3 is 4.90 Å². The van der Waals surface area contributed by atoms with Crippen LogP contribution in [0.25, 0.3) is 0 Å². The van der Waals surface area contributed by atoms with Gasteiger partial charge in [-0.25, -0.2) is 4.39 Å². The normalized spacial score (nSPS) is 30.2. The smallest absolute Gasteiger partial charge is 0.114 e. The van der Waals surface area contributed by atoms with Crippen molar-refractivity contribution in [3.63, 3.8) is 0 Å². The zero-order valence-corrected chi connectivity index (χ0v) is 8.97. The summed E-state index contributed by atoms with van der Waals surface area (Å²) in [6.07, 6.45) is 0.145. The second-order valence-electron chi connectivity index (χ2n) is 3.58. The van der Waals surface area contributed by atoms with Crippen LogP contribution in [0.15, 0.2) is 0 Å². The third-order valence-electron chi connectivity index (χ3n) is 2.32. The van der Waals surface area contributed by atoms with Crippen LogP contribution in [0.4, 0.5) is 4.39 Å². The summed E-state index contributed by atoms with van der Waals surface area (Å²) in [6.45, 7) is 8.93. The first-order valence-electron chi connectivity index (χ1n) is 4.95. The van der Waals surface area contributed by atoms with E-state index in [0.29, 0.717) is 18.5 Å². The lowest BCUT2D eigenvalue weighted by atomic mass is 10.0. The molecule has 2 atom stereocenters. The third-order valence-corrected chi connectivity index (χ3v) is 2.32. The predicted octanol–water partition coefficient (Wildman–Crippen LogP) is 2.71. The molecule has 0 aromatic heterocycles. The maximum Gasteiger partial charge on any atom is 0.114 e. The van der Waals surface area contributed by atoms with Crippen LogP contribution in [-0.4, -0.2) is 30.7 Å². The van der Waals surface area contributed by atoms with Crippen LogP contribution in [0, 0.1) is 5.92 Å². The Hall–Kier alpha value is -0.110. The minimum atomic E-state index is -0.586. The van der Waals surface area contributed by atoms with Crippen molar-refractivity contribution in [2.75, 3.05) is 13.6 Å². The standard InChI is InChI=1S/C8H16FN.C2H6/c1-6(2)8-4-7(9)5-10(8)3;1-2/h6-8H,4-5H2,1-3H3;1-2H3/t7-,8+;/m1./s1. The molecule has 74 valence electrons. The first kappa shape index (κ1) is 11.9. The molecule has 1 heterocycles. The molecule has 0 spiro atoms.